The lowest BCUT2D eigenvalue weighted by molar-refractivity contribution is -0.158. The van der Waals surface area contributed by atoms with Crippen LogP contribution in [0.5, 0.6) is 0 Å². The first-order valence-corrected chi connectivity index (χ1v) is 4.20. The van der Waals surface area contributed by atoms with Crippen LogP contribution in [0.1, 0.15) is 34.1 Å². The van der Waals surface area contributed by atoms with Gasteiger partial charge in [-0.25, -0.2) is 0 Å². The fraction of sp³-hybridized carbons (Fsp3) is 0.889. The van der Waals surface area contributed by atoms with Crippen LogP contribution in [0.15, 0.2) is 0 Å². The molecule has 0 spiro atoms. The van der Waals surface area contributed by atoms with E-state index in [0.717, 1.165) is 6.42 Å². The van der Waals surface area contributed by atoms with E-state index < -0.39 is 0 Å². The van der Waals surface area contributed by atoms with Gasteiger partial charge in [0.25, 0.3) is 0 Å². The first kappa shape index (κ1) is 10.9. The van der Waals surface area contributed by atoms with Gasteiger partial charge in [-0.15, -0.1) is 0 Å². The van der Waals surface area contributed by atoms with Gasteiger partial charge in [0.15, 0.2) is 6.29 Å². The number of ether oxygens (including phenoxy) is 2. The molecule has 0 fully saturated rings. The Balaban J connectivity index is 3.43. The Labute approximate surface area is 69.9 Å². The zero-order valence-electron chi connectivity index (χ0n) is 7.96. The van der Waals surface area contributed by atoms with Gasteiger partial charge >= 0.3 is 0 Å². The highest BCUT2D eigenvalue weighted by Crippen LogP contribution is 2.04. The summed E-state index contributed by atoms with van der Waals surface area (Å²) >= 11 is 0. The van der Waals surface area contributed by atoms with Crippen molar-refractivity contribution in [2.45, 2.75) is 52.6 Å². The van der Waals surface area contributed by atoms with Gasteiger partial charge in [-0.2, -0.15) is 0 Å². The summed E-state index contributed by atoms with van der Waals surface area (Å²) in [5.41, 5.74) is 0. The third-order valence-electron chi connectivity index (χ3n) is 1.38. The van der Waals surface area contributed by atoms with Crippen LogP contribution < -0.4 is 0 Å². The molecule has 0 bridgehead atoms. The van der Waals surface area contributed by atoms with Gasteiger partial charge in [0.1, 0.15) is 0 Å². The summed E-state index contributed by atoms with van der Waals surface area (Å²) < 4.78 is 10.7. The average Bonchev–Trinajstić information content (AvgIpc) is 1.85. The highest BCUT2D eigenvalue weighted by molar-refractivity contribution is 4.52. The smallest absolute Gasteiger partial charge is 0.158 e. The quantitative estimate of drug-likeness (QED) is 0.573. The first-order chi connectivity index (χ1) is 5.06. The van der Waals surface area contributed by atoms with Gasteiger partial charge in [0.05, 0.1) is 12.2 Å². The molecular formula is C9H19O2. The van der Waals surface area contributed by atoms with E-state index in [-0.39, 0.29) is 18.5 Å². The molecule has 0 heterocycles. The minimum absolute atomic E-state index is 0.182. The van der Waals surface area contributed by atoms with E-state index in [0.29, 0.717) is 0 Å². The van der Waals surface area contributed by atoms with Gasteiger partial charge < -0.3 is 9.47 Å². The molecule has 0 N–H and O–H groups in total. The molecule has 67 valence electrons. The largest absolute Gasteiger partial charge is 0.350 e. The molecule has 0 rings (SSSR count). The fourth-order valence-corrected chi connectivity index (χ4v) is 0.691. The van der Waals surface area contributed by atoms with Crippen LogP contribution in [-0.4, -0.2) is 18.5 Å². The second-order valence-corrected chi connectivity index (χ2v) is 2.97. The SMILES string of the molecule is [CH2]C(OC(C)C)OC(C)CC. The van der Waals surface area contributed by atoms with Crippen LogP contribution >= 0.6 is 0 Å². The summed E-state index contributed by atoms with van der Waals surface area (Å²) in [6, 6.07) is 0. The van der Waals surface area contributed by atoms with E-state index in [4.69, 9.17) is 9.47 Å². The molecule has 0 aliphatic rings. The van der Waals surface area contributed by atoms with Crippen molar-refractivity contribution in [2.24, 2.45) is 0 Å². The van der Waals surface area contributed by atoms with Crippen LogP contribution in [0.3, 0.4) is 0 Å². The molecule has 11 heavy (non-hydrogen) atoms. The van der Waals surface area contributed by atoms with Gasteiger partial charge in [0, 0.05) is 6.92 Å². The predicted octanol–water partition coefficient (Wildman–Crippen LogP) is 2.39. The van der Waals surface area contributed by atoms with Gasteiger partial charge in [0.2, 0.25) is 0 Å². The highest BCUT2D eigenvalue weighted by atomic mass is 16.7. The van der Waals surface area contributed by atoms with Gasteiger partial charge in [-0.05, 0) is 27.2 Å². The normalized spacial score (nSPS) is 16.9. The van der Waals surface area contributed by atoms with Crippen molar-refractivity contribution < 1.29 is 9.47 Å². The lowest BCUT2D eigenvalue weighted by atomic mass is 10.3. The molecule has 2 unspecified atom stereocenters. The molecule has 0 amide bonds. The minimum atomic E-state index is -0.329. The van der Waals surface area contributed by atoms with Crippen molar-refractivity contribution in [3.05, 3.63) is 6.92 Å². The fourth-order valence-electron chi connectivity index (χ4n) is 0.691. The summed E-state index contributed by atoms with van der Waals surface area (Å²) in [6.07, 6.45) is 1.08. The molecule has 0 aliphatic heterocycles. The maximum atomic E-state index is 5.38. The van der Waals surface area contributed by atoms with Crippen molar-refractivity contribution in [1.29, 1.82) is 0 Å². The lowest BCUT2D eigenvalue weighted by Crippen LogP contribution is -2.22. The number of rotatable bonds is 5. The summed E-state index contributed by atoms with van der Waals surface area (Å²) in [5, 5.41) is 0. The highest BCUT2D eigenvalue weighted by Gasteiger charge is 2.07. The van der Waals surface area contributed by atoms with E-state index in [1.807, 2.05) is 20.8 Å². The maximum Gasteiger partial charge on any atom is 0.158 e. The third kappa shape index (κ3) is 6.32. The Morgan fingerprint density at radius 1 is 1.18 bits per heavy atom. The molecule has 0 saturated heterocycles. The maximum absolute atomic E-state index is 5.38. The summed E-state index contributed by atoms with van der Waals surface area (Å²) in [6.45, 7) is 11.8. The Morgan fingerprint density at radius 3 is 2.09 bits per heavy atom. The first-order valence-electron chi connectivity index (χ1n) is 4.20. The molecule has 0 saturated carbocycles. The minimum Gasteiger partial charge on any atom is -0.350 e. The van der Waals surface area contributed by atoms with E-state index in [9.17, 15) is 0 Å². The second kappa shape index (κ2) is 5.56. The molecule has 2 nitrogen and oxygen atoms in total. The van der Waals surface area contributed by atoms with E-state index >= 15 is 0 Å². The van der Waals surface area contributed by atoms with E-state index in [1.165, 1.54) is 0 Å². The van der Waals surface area contributed by atoms with Crippen LogP contribution in [-0.2, 0) is 9.47 Å². The molecule has 0 aromatic rings. The lowest BCUT2D eigenvalue weighted by Gasteiger charge is -2.20. The number of hydrogen-bond acceptors (Lipinski definition) is 2. The third-order valence-corrected chi connectivity index (χ3v) is 1.38. The zero-order valence-corrected chi connectivity index (χ0v) is 7.96. The average molecular weight is 159 g/mol. The monoisotopic (exact) mass is 159 g/mol. The van der Waals surface area contributed by atoms with Crippen LogP contribution in [0, 0.1) is 6.92 Å². The number of hydrogen-bond donors (Lipinski definition) is 0. The molecule has 2 heteroatoms. The molecule has 0 aliphatic carbocycles. The topological polar surface area (TPSA) is 18.5 Å². The standard InChI is InChI=1S/C9H19O2/c1-6-8(4)11-9(5)10-7(2)3/h7-9H,5-6H2,1-4H3. The molecule has 1 radical (unpaired) electrons. The Bertz CT molecular complexity index is 91.6. The molecular weight excluding hydrogens is 140 g/mol. The van der Waals surface area contributed by atoms with Crippen molar-refractivity contribution in [2.75, 3.05) is 0 Å². The van der Waals surface area contributed by atoms with Crippen molar-refractivity contribution in [3.63, 3.8) is 0 Å². The zero-order chi connectivity index (χ0) is 8.85. The van der Waals surface area contributed by atoms with Crippen LogP contribution in [0.25, 0.3) is 0 Å². The van der Waals surface area contributed by atoms with Crippen molar-refractivity contribution >= 4 is 0 Å². The second-order valence-electron chi connectivity index (χ2n) is 2.97. The van der Waals surface area contributed by atoms with Gasteiger partial charge in [-0.1, -0.05) is 6.92 Å². The summed E-state index contributed by atoms with van der Waals surface area (Å²) in [7, 11) is 0. The van der Waals surface area contributed by atoms with Crippen LogP contribution in [0.4, 0.5) is 0 Å². The van der Waals surface area contributed by atoms with Gasteiger partial charge in [-0.3, -0.25) is 0 Å². The predicted molar refractivity (Wildman–Crippen MR) is 46.2 cm³/mol. The van der Waals surface area contributed by atoms with E-state index in [1.54, 1.807) is 0 Å². The molecule has 0 aromatic carbocycles. The molecule has 0 aromatic heterocycles. The Hall–Kier alpha value is -0.0800. The summed E-state index contributed by atoms with van der Waals surface area (Å²) in [4.78, 5) is 0. The molecule has 2 atom stereocenters. The Morgan fingerprint density at radius 2 is 1.73 bits per heavy atom. The summed E-state index contributed by atoms with van der Waals surface area (Å²) in [5.74, 6) is 0. The van der Waals surface area contributed by atoms with E-state index in [2.05, 4.69) is 13.8 Å². The van der Waals surface area contributed by atoms with Crippen LogP contribution in [0.2, 0.25) is 0 Å². The van der Waals surface area contributed by atoms with Crippen molar-refractivity contribution in [3.8, 4) is 0 Å². The Kier molecular flexibility index (Phi) is 5.51. The van der Waals surface area contributed by atoms with Crippen molar-refractivity contribution in [1.82, 2.24) is 0 Å².